The molecule has 0 spiro atoms. The quantitative estimate of drug-likeness (QED) is 0.874. The maximum atomic E-state index is 11.9. The molecule has 7 heteroatoms. The highest BCUT2D eigenvalue weighted by Gasteiger charge is 2.17. The summed E-state index contributed by atoms with van der Waals surface area (Å²) in [5.41, 5.74) is 6.47. The van der Waals surface area contributed by atoms with Gasteiger partial charge in [0.25, 0.3) is 0 Å². The van der Waals surface area contributed by atoms with Gasteiger partial charge in [-0.05, 0) is 38.0 Å². The highest BCUT2D eigenvalue weighted by molar-refractivity contribution is 7.89. The molecule has 0 aliphatic heterocycles. The normalized spacial score (nSPS) is 12.9. The van der Waals surface area contributed by atoms with Gasteiger partial charge < -0.3 is 5.73 Å². The van der Waals surface area contributed by atoms with Crippen LogP contribution in [0.2, 0.25) is 5.02 Å². The Balaban J connectivity index is 0.00000289. The number of rotatable bonds is 5. The number of nitrogens with two attached hydrogens (primary N) is 1. The van der Waals surface area contributed by atoms with Gasteiger partial charge in [-0.3, -0.25) is 0 Å². The Kier molecular flexibility index (Phi) is 7.17. The second-order valence-corrected chi connectivity index (χ2v) is 6.24. The van der Waals surface area contributed by atoms with Crippen LogP contribution in [0.15, 0.2) is 23.1 Å². The molecule has 18 heavy (non-hydrogen) atoms. The van der Waals surface area contributed by atoms with Gasteiger partial charge in [-0.2, -0.15) is 0 Å². The van der Waals surface area contributed by atoms with Crippen molar-refractivity contribution in [3.05, 3.63) is 28.8 Å². The van der Waals surface area contributed by atoms with E-state index < -0.39 is 10.0 Å². The summed E-state index contributed by atoms with van der Waals surface area (Å²) < 4.78 is 26.3. The van der Waals surface area contributed by atoms with E-state index in [1.807, 2.05) is 13.8 Å². The Morgan fingerprint density at radius 3 is 2.56 bits per heavy atom. The third kappa shape index (κ3) is 5.12. The fourth-order valence-electron chi connectivity index (χ4n) is 1.32. The molecule has 104 valence electrons. The van der Waals surface area contributed by atoms with Crippen molar-refractivity contribution < 1.29 is 8.42 Å². The average molecular weight is 313 g/mol. The zero-order valence-electron chi connectivity index (χ0n) is 10.3. The molecule has 1 rings (SSSR count). The highest BCUT2D eigenvalue weighted by atomic mass is 35.5. The van der Waals surface area contributed by atoms with Gasteiger partial charge in [0.05, 0.1) is 5.02 Å². The zero-order chi connectivity index (χ0) is 13.1. The molecule has 4 nitrogen and oxygen atoms in total. The summed E-state index contributed by atoms with van der Waals surface area (Å²) in [6, 6.07) is 4.81. The summed E-state index contributed by atoms with van der Waals surface area (Å²) in [5, 5.41) is 0.235. The van der Waals surface area contributed by atoms with Crippen molar-refractivity contribution in [3.63, 3.8) is 0 Å². The van der Waals surface area contributed by atoms with Crippen LogP contribution < -0.4 is 10.5 Å². The van der Waals surface area contributed by atoms with Crippen molar-refractivity contribution in [2.45, 2.75) is 31.2 Å². The second-order valence-electron chi connectivity index (χ2n) is 4.10. The maximum absolute atomic E-state index is 11.9. The number of hydrogen-bond acceptors (Lipinski definition) is 3. The van der Waals surface area contributed by atoms with Gasteiger partial charge in [-0.1, -0.05) is 17.7 Å². The minimum atomic E-state index is -3.54. The van der Waals surface area contributed by atoms with Gasteiger partial charge >= 0.3 is 0 Å². The molecular formula is C11H18Cl2N2O2S. The van der Waals surface area contributed by atoms with Crippen LogP contribution in [-0.4, -0.2) is 21.0 Å². The van der Waals surface area contributed by atoms with Gasteiger partial charge in [0.1, 0.15) is 4.90 Å². The first-order chi connectivity index (χ1) is 7.83. The predicted molar refractivity (Wildman–Crippen MR) is 76.9 cm³/mol. The van der Waals surface area contributed by atoms with Crippen molar-refractivity contribution >= 4 is 34.0 Å². The van der Waals surface area contributed by atoms with Crippen molar-refractivity contribution in [2.75, 3.05) is 6.54 Å². The molecular weight excluding hydrogens is 295 g/mol. The number of hydrogen-bond donors (Lipinski definition) is 2. The Bertz CT molecular complexity index is 490. The largest absolute Gasteiger partial charge is 0.328 e. The Morgan fingerprint density at radius 1 is 1.44 bits per heavy atom. The zero-order valence-corrected chi connectivity index (χ0v) is 12.7. The van der Waals surface area contributed by atoms with E-state index in [4.69, 9.17) is 17.3 Å². The Morgan fingerprint density at radius 2 is 2.06 bits per heavy atom. The first kappa shape index (κ1) is 17.7. The smallest absolute Gasteiger partial charge is 0.242 e. The average Bonchev–Trinajstić information content (AvgIpc) is 2.15. The lowest BCUT2D eigenvalue weighted by Gasteiger charge is -2.10. The van der Waals surface area contributed by atoms with Crippen LogP contribution in [0.5, 0.6) is 0 Å². The van der Waals surface area contributed by atoms with E-state index in [9.17, 15) is 8.42 Å². The molecule has 0 saturated heterocycles. The lowest BCUT2D eigenvalue weighted by atomic mass is 10.2. The van der Waals surface area contributed by atoms with Crippen LogP contribution in [0.3, 0.4) is 0 Å². The number of sulfonamides is 1. The summed E-state index contributed by atoms with van der Waals surface area (Å²) in [4.78, 5) is 0.106. The SMILES string of the molecule is Cc1ccc(S(=O)(=O)NCCC(C)N)c(Cl)c1.Cl. The predicted octanol–water partition coefficient (Wildman–Crippen LogP) is 2.09. The molecule has 0 fully saturated rings. The topological polar surface area (TPSA) is 72.2 Å². The van der Waals surface area contributed by atoms with Crippen LogP contribution in [0, 0.1) is 6.92 Å². The van der Waals surface area contributed by atoms with Crippen molar-refractivity contribution in [2.24, 2.45) is 5.73 Å². The van der Waals surface area contributed by atoms with Crippen LogP contribution in [0.25, 0.3) is 0 Å². The summed E-state index contributed by atoms with van der Waals surface area (Å²) in [5.74, 6) is 0. The molecule has 0 bridgehead atoms. The summed E-state index contributed by atoms with van der Waals surface area (Å²) in [7, 11) is -3.54. The lowest BCUT2D eigenvalue weighted by molar-refractivity contribution is 0.572. The molecule has 1 unspecified atom stereocenters. The third-order valence-electron chi connectivity index (χ3n) is 2.27. The second kappa shape index (κ2) is 7.31. The van der Waals surface area contributed by atoms with Gasteiger partial charge in [0.15, 0.2) is 0 Å². The maximum Gasteiger partial charge on any atom is 0.242 e. The van der Waals surface area contributed by atoms with Crippen molar-refractivity contribution in [3.8, 4) is 0 Å². The van der Waals surface area contributed by atoms with Crippen molar-refractivity contribution in [1.82, 2.24) is 4.72 Å². The molecule has 1 aromatic rings. The Hall–Kier alpha value is -0.330. The van der Waals surface area contributed by atoms with Crippen molar-refractivity contribution in [1.29, 1.82) is 0 Å². The van der Waals surface area contributed by atoms with E-state index in [1.54, 1.807) is 12.1 Å². The van der Waals surface area contributed by atoms with Crippen LogP contribution in [0.4, 0.5) is 0 Å². The van der Waals surface area contributed by atoms with E-state index in [1.165, 1.54) is 6.07 Å². The molecule has 3 N–H and O–H groups in total. The van der Waals surface area contributed by atoms with Crippen LogP contribution >= 0.6 is 24.0 Å². The molecule has 0 saturated carbocycles. The van der Waals surface area contributed by atoms with E-state index in [0.29, 0.717) is 13.0 Å². The van der Waals surface area contributed by atoms with E-state index in [-0.39, 0.29) is 28.4 Å². The fourth-order valence-corrected chi connectivity index (χ4v) is 2.97. The number of aryl methyl sites for hydroxylation is 1. The minimum absolute atomic E-state index is 0. The third-order valence-corrected chi connectivity index (χ3v) is 4.21. The number of benzene rings is 1. The minimum Gasteiger partial charge on any atom is -0.328 e. The monoisotopic (exact) mass is 312 g/mol. The lowest BCUT2D eigenvalue weighted by Crippen LogP contribution is -2.29. The van der Waals surface area contributed by atoms with Gasteiger partial charge in [-0.15, -0.1) is 12.4 Å². The first-order valence-electron chi connectivity index (χ1n) is 5.34. The van der Waals surface area contributed by atoms with E-state index in [0.717, 1.165) is 5.56 Å². The molecule has 1 aromatic carbocycles. The molecule has 0 aromatic heterocycles. The molecule has 0 aliphatic carbocycles. The van der Waals surface area contributed by atoms with Crippen LogP contribution in [0.1, 0.15) is 18.9 Å². The van der Waals surface area contributed by atoms with Gasteiger partial charge in [0.2, 0.25) is 10.0 Å². The standard InChI is InChI=1S/C11H17ClN2O2S.ClH/c1-8-3-4-11(10(12)7-8)17(15,16)14-6-5-9(2)13;/h3-4,7,9,14H,5-6,13H2,1-2H3;1H. The molecule has 1 atom stereocenters. The molecule has 0 aliphatic rings. The molecule has 0 radical (unpaired) electrons. The van der Waals surface area contributed by atoms with Gasteiger partial charge in [0, 0.05) is 12.6 Å². The number of nitrogens with one attached hydrogen (secondary N) is 1. The highest BCUT2D eigenvalue weighted by Crippen LogP contribution is 2.22. The number of halogens is 2. The summed E-state index contributed by atoms with van der Waals surface area (Å²) in [6.07, 6.45) is 0.586. The Labute approximate surface area is 119 Å². The van der Waals surface area contributed by atoms with E-state index in [2.05, 4.69) is 4.72 Å². The fraction of sp³-hybridized carbons (Fsp3) is 0.455. The summed E-state index contributed by atoms with van der Waals surface area (Å²) in [6.45, 7) is 3.99. The first-order valence-corrected chi connectivity index (χ1v) is 7.20. The van der Waals surface area contributed by atoms with Crippen LogP contribution in [-0.2, 0) is 10.0 Å². The molecule has 0 heterocycles. The molecule has 0 amide bonds. The summed E-state index contributed by atoms with van der Waals surface area (Å²) >= 11 is 5.91. The van der Waals surface area contributed by atoms with E-state index >= 15 is 0 Å². The van der Waals surface area contributed by atoms with Gasteiger partial charge in [-0.25, -0.2) is 13.1 Å².